The fourth-order valence-electron chi connectivity index (χ4n) is 3.85. The molecule has 0 bridgehead atoms. The monoisotopic (exact) mass is 398 g/mol. The van der Waals surface area contributed by atoms with Gasteiger partial charge in [0.1, 0.15) is 5.82 Å². The van der Waals surface area contributed by atoms with Gasteiger partial charge in [-0.05, 0) is 38.3 Å². The second kappa shape index (κ2) is 14.0. The maximum Gasteiger partial charge on any atom is 0.303 e. The summed E-state index contributed by atoms with van der Waals surface area (Å²) in [5.74, 6) is 0.398. The number of benzene rings is 1. The number of aliphatic carboxylic acids is 1. The predicted molar refractivity (Wildman–Crippen MR) is 120 cm³/mol. The van der Waals surface area contributed by atoms with Gasteiger partial charge in [-0.1, -0.05) is 82.4 Å². The van der Waals surface area contributed by atoms with Crippen LogP contribution in [0, 0.1) is 6.92 Å². The van der Waals surface area contributed by atoms with Gasteiger partial charge in [-0.2, -0.15) is 0 Å². The van der Waals surface area contributed by atoms with Crippen LogP contribution in [-0.2, 0) is 11.2 Å². The molecule has 1 N–H and O–H groups in total. The van der Waals surface area contributed by atoms with E-state index in [1.54, 1.807) is 0 Å². The lowest BCUT2D eigenvalue weighted by Gasteiger charge is -2.03. The average Bonchev–Trinajstić information content (AvgIpc) is 3.09. The van der Waals surface area contributed by atoms with Crippen molar-refractivity contribution < 1.29 is 9.90 Å². The van der Waals surface area contributed by atoms with Crippen LogP contribution in [0.3, 0.4) is 0 Å². The first-order chi connectivity index (χ1) is 14.2. The van der Waals surface area contributed by atoms with E-state index in [9.17, 15) is 4.79 Å². The van der Waals surface area contributed by atoms with Crippen LogP contribution in [0.15, 0.2) is 36.5 Å². The Bertz CT molecular complexity index is 694. The Balaban J connectivity index is 1.43. The first-order valence-electron chi connectivity index (χ1n) is 11.5. The van der Waals surface area contributed by atoms with E-state index < -0.39 is 5.97 Å². The van der Waals surface area contributed by atoms with Crippen LogP contribution in [-0.4, -0.2) is 20.6 Å². The highest BCUT2D eigenvalue weighted by Crippen LogP contribution is 2.16. The highest BCUT2D eigenvalue weighted by molar-refractivity contribution is 5.66. The van der Waals surface area contributed by atoms with Crippen LogP contribution in [0.5, 0.6) is 0 Å². The molecule has 1 aromatic heterocycles. The third-order valence-electron chi connectivity index (χ3n) is 5.54. The van der Waals surface area contributed by atoms with Crippen molar-refractivity contribution in [2.24, 2.45) is 0 Å². The third-order valence-corrected chi connectivity index (χ3v) is 5.54. The lowest BCUT2D eigenvalue weighted by molar-refractivity contribution is -0.137. The van der Waals surface area contributed by atoms with Crippen molar-refractivity contribution >= 4 is 5.97 Å². The van der Waals surface area contributed by atoms with Gasteiger partial charge in [0.25, 0.3) is 0 Å². The van der Waals surface area contributed by atoms with E-state index in [2.05, 4.69) is 42.0 Å². The fraction of sp³-hybridized carbons (Fsp3) is 0.600. The van der Waals surface area contributed by atoms with Crippen LogP contribution in [0.25, 0.3) is 5.69 Å². The zero-order chi connectivity index (χ0) is 20.7. The number of carbonyl (C=O) groups is 1. The lowest BCUT2D eigenvalue weighted by atomic mass is 10.0. The number of aromatic nitrogens is 2. The molecule has 0 saturated heterocycles. The average molecular weight is 399 g/mol. The minimum atomic E-state index is -0.665. The van der Waals surface area contributed by atoms with Crippen LogP contribution < -0.4 is 0 Å². The standard InChI is InChI=1S/C25H38N2O2/c1-22-26-23(21-27(22)24-18-14-12-15-19-24)17-13-10-8-6-4-2-3-5-7-9-11-16-20-25(28)29/h12,14-15,18-19,21H,2-11,13,16-17,20H2,1H3,(H,28,29). The topological polar surface area (TPSA) is 55.1 Å². The zero-order valence-electron chi connectivity index (χ0n) is 18.1. The first-order valence-corrected chi connectivity index (χ1v) is 11.5. The molecule has 0 aliphatic carbocycles. The summed E-state index contributed by atoms with van der Waals surface area (Å²) in [6.45, 7) is 2.08. The SMILES string of the molecule is Cc1nc(CCCCCCCCCCCCCCC(=O)O)cn1-c1ccccc1. The number of hydrogen-bond acceptors (Lipinski definition) is 2. The Hall–Kier alpha value is -2.10. The molecular weight excluding hydrogens is 360 g/mol. The molecule has 4 nitrogen and oxygen atoms in total. The molecule has 0 fully saturated rings. The Morgan fingerprint density at radius 2 is 1.34 bits per heavy atom. The van der Waals surface area contributed by atoms with Gasteiger partial charge in [0.15, 0.2) is 0 Å². The molecule has 1 heterocycles. The second-order valence-corrected chi connectivity index (χ2v) is 8.12. The summed E-state index contributed by atoms with van der Waals surface area (Å²) in [6.07, 6.45) is 18.4. The molecule has 1 aromatic carbocycles. The molecule has 0 spiro atoms. The summed E-state index contributed by atoms with van der Waals surface area (Å²) < 4.78 is 2.18. The van der Waals surface area contributed by atoms with Gasteiger partial charge in [-0.15, -0.1) is 0 Å². The number of imidazole rings is 1. The van der Waals surface area contributed by atoms with Gasteiger partial charge in [-0.3, -0.25) is 4.79 Å². The Morgan fingerprint density at radius 1 is 0.828 bits per heavy atom. The van der Waals surface area contributed by atoms with Gasteiger partial charge in [0.2, 0.25) is 0 Å². The van der Waals surface area contributed by atoms with Crippen molar-refractivity contribution in [3.63, 3.8) is 0 Å². The summed E-state index contributed by atoms with van der Waals surface area (Å²) >= 11 is 0. The van der Waals surface area contributed by atoms with Gasteiger partial charge >= 0.3 is 5.97 Å². The Kier molecular flexibility index (Phi) is 11.2. The molecule has 0 amide bonds. The zero-order valence-corrected chi connectivity index (χ0v) is 18.1. The molecule has 0 unspecified atom stereocenters. The summed E-state index contributed by atoms with van der Waals surface area (Å²) in [4.78, 5) is 15.2. The fourth-order valence-corrected chi connectivity index (χ4v) is 3.85. The second-order valence-electron chi connectivity index (χ2n) is 8.12. The molecule has 0 saturated carbocycles. The molecule has 29 heavy (non-hydrogen) atoms. The molecule has 0 aliphatic rings. The van der Waals surface area contributed by atoms with E-state index in [0.29, 0.717) is 6.42 Å². The Morgan fingerprint density at radius 3 is 1.90 bits per heavy atom. The maximum absolute atomic E-state index is 10.4. The van der Waals surface area contributed by atoms with Crippen molar-refractivity contribution in [3.05, 3.63) is 48.0 Å². The molecule has 160 valence electrons. The van der Waals surface area contributed by atoms with E-state index >= 15 is 0 Å². The van der Waals surface area contributed by atoms with Gasteiger partial charge in [0, 0.05) is 18.3 Å². The number of nitrogens with zero attached hydrogens (tertiary/aromatic N) is 2. The third kappa shape index (κ3) is 9.78. The van der Waals surface area contributed by atoms with Crippen LogP contribution >= 0.6 is 0 Å². The summed E-state index contributed by atoms with van der Waals surface area (Å²) in [6, 6.07) is 10.4. The minimum Gasteiger partial charge on any atom is -0.481 e. The number of rotatable bonds is 16. The quantitative estimate of drug-likeness (QED) is 0.314. The van der Waals surface area contributed by atoms with Crippen molar-refractivity contribution in [2.45, 2.75) is 96.8 Å². The van der Waals surface area contributed by atoms with Crippen LogP contribution in [0.2, 0.25) is 0 Å². The molecular formula is C25H38N2O2. The predicted octanol–water partition coefficient (Wildman–Crippen LogP) is 6.88. The van der Waals surface area contributed by atoms with Crippen LogP contribution in [0.4, 0.5) is 0 Å². The molecule has 2 rings (SSSR count). The minimum absolute atomic E-state index is 0.328. The maximum atomic E-state index is 10.4. The molecule has 0 radical (unpaired) electrons. The van der Waals surface area contributed by atoms with E-state index in [0.717, 1.165) is 25.1 Å². The van der Waals surface area contributed by atoms with E-state index in [1.807, 2.05) is 6.07 Å². The lowest BCUT2D eigenvalue weighted by Crippen LogP contribution is -1.93. The van der Waals surface area contributed by atoms with Crippen molar-refractivity contribution in [1.82, 2.24) is 9.55 Å². The normalized spacial score (nSPS) is 11.1. The highest BCUT2D eigenvalue weighted by Gasteiger charge is 2.05. The Labute approximate surface area is 176 Å². The number of unbranched alkanes of at least 4 members (excludes halogenated alkanes) is 11. The van der Waals surface area contributed by atoms with Gasteiger partial charge in [-0.25, -0.2) is 4.98 Å². The van der Waals surface area contributed by atoms with Gasteiger partial charge in [0.05, 0.1) is 5.69 Å². The van der Waals surface area contributed by atoms with E-state index in [-0.39, 0.29) is 0 Å². The van der Waals surface area contributed by atoms with E-state index in [4.69, 9.17) is 10.1 Å². The number of hydrogen-bond donors (Lipinski definition) is 1. The van der Waals surface area contributed by atoms with Gasteiger partial charge < -0.3 is 9.67 Å². The number of aryl methyl sites for hydroxylation is 2. The molecule has 0 aliphatic heterocycles. The summed E-state index contributed by atoms with van der Waals surface area (Å²) in [5.41, 5.74) is 2.39. The van der Waals surface area contributed by atoms with E-state index in [1.165, 1.54) is 75.6 Å². The number of para-hydroxylation sites is 1. The van der Waals surface area contributed by atoms with Crippen molar-refractivity contribution in [1.29, 1.82) is 0 Å². The largest absolute Gasteiger partial charge is 0.481 e. The smallest absolute Gasteiger partial charge is 0.303 e. The molecule has 2 aromatic rings. The number of carboxylic acid groups (broad SMARTS) is 1. The molecule has 4 heteroatoms. The van der Waals surface area contributed by atoms with Crippen molar-refractivity contribution in [3.8, 4) is 5.69 Å². The van der Waals surface area contributed by atoms with Crippen LogP contribution in [0.1, 0.15) is 95.0 Å². The molecule has 0 atom stereocenters. The summed E-state index contributed by atoms with van der Waals surface area (Å²) in [5, 5.41) is 8.60. The highest BCUT2D eigenvalue weighted by atomic mass is 16.4. The number of carboxylic acids is 1. The summed E-state index contributed by atoms with van der Waals surface area (Å²) in [7, 11) is 0. The van der Waals surface area contributed by atoms with Crippen molar-refractivity contribution in [2.75, 3.05) is 0 Å². The first kappa shape index (κ1) is 23.2.